The zero-order chi connectivity index (χ0) is 30.4. The Labute approximate surface area is 265 Å². The molecule has 46 heavy (non-hydrogen) atoms. The van der Waals surface area contributed by atoms with Crippen LogP contribution in [0.1, 0.15) is 5.56 Å². The maximum absolute atomic E-state index is 2.40. The highest BCUT2D eigenvalue weighted by molar-refractivity contribution is 6.13. The van der Waals surface area contributed by atoms with Gasteiger partial charge in [-0.25, -0.2) is 9.35 Å². The molecule has 0 amide bonds. The summed E-state index contributed by atoms with van der Waals surface area (Å²) < 4.78 is 7.18. The van der Waals surface area contributed by atoms with Gasteiger partial charge in [-0.05, 0) is 78.7 Å². The highest BCUT2D eigenvalue weighted by atomic mass is 15.5. The Bertz CT molecular complexity index is 2750. The van der Waals surface area contributed by atoms with E-state index in [1.54, 1.807) is 0 Å². The van der Waals surface area contributed by atoms with E-state index in [2.05, 4.69) is 179 Å². The summed E-state index contributed by atoms with van der Waals surface area (Å²) in [5.74, 6) is 0. The molecule has 3 heteroatoms. The lowest BCUT2D eigenvalue weighted by Crippen LogP contribution is -2.08. The second kappa shape index (κ2) is 9.47. The molecule has 0 aliphatic rings. The topological polar surface area (TPSA) is 14.8 Å². The minimum absolute atomic E-state index is 1.18. The van der Waals surface area contributed by atoms with Crippen molar-refractivity contribution in [3.05, 3.63) is 163 Å². The van der Waals surface area contributed by atoms with Crippen molar-refractivity contribution in [1.29, 1.82) is 0 Å². The van der Waals surface area contributed by atoms with E-state index in [1.165, 1.54) is 87.8 Å². The summed E-state index contributed by atoms with van der Waals surface area (Å²) in [5, 5.41) is 7.55. The van der Waals surface area contributed by atoms with Gasteiger partial charge in [0.15, 0.2) is 0 Å². The van der Waals surface area contributed by atoms with Crippen LogP contribution in [0.2, 0.25) is 0 Å². The predicted octanol–water partition coefficient (Wildman–Crippen LogP) is 11.3. The Balaban J connectivity index is 1.21. The zero-order valence-electron chi connectivity index (χ0n) is 25.4. The van der Waals surface area contributed by atoms with Gasteiger partial charge in [-0.15, -0.1) is 0 Å². The monoisotopic (exact) mass is 587 g/mol. The Morgan fingerprint density at radius 2 is 0.696 bits per heavy atom. The van der Waals surface area contributed by atoms with E-state index in [0.717, 1.165) is 0 Å². The average molecular weight is 588 g/mol. The molecule has 0 bridgehead atoms. The number of nitrogens with zero attached hydrogens (tertiary/aromatic N) is 3. The van der Waals surface area contributed by atoms with Gasteiger partial charge in [-0.2, -0.15) is 0 Å². The number of fused-ring (bicyclic) bond motifs is 9. The summed E-state index contributed by atoms with van der Waals surface area (Å²) in [6, 6.07) is 57.7. The number of rotatable bonds is 3. The van der Waals surface area contributed by atoms with Crippen molar-refractivity contribution in [2.45, 2.75) is 6.92 Å². The Morgan fingerprint density at radius 3 is 1.24 bits per heavy atom. The first-order chi connectivity index (χ1) is 22.7. The molecule has 10 aromatic rings. The maximum Gasteiger partial charge on any atom is 0.0716 e. The first-order valence-corrected chi connectivity index (χ1v) is 15.9. The lowest BCUT2D eigenvalue weighted by molar-refractivity contribution is 0.775. The minimum Gasteiger partial charge on any atom is -0.309 e. The van der Waals surface area contributed by atoms with Crippen LogP contribution in [-0.4, -0.2) is 13.9 Å². The standard InChI is InChI=1S/C43H29N3/c1-28-18-22-31(23-19-28)44-38-14-6-2-12-34(38)36-26-29(20-24-39(36)44)30-21-25-43-37(27-30)35-13-5-9-17-42(35)46(43)45-40-15-7-3-10-32(40)33-11-4-8-16-41(33)45/h2-27H,1H3. The van der Waals surface area contributed by atoms with Crippen molar-refractivity contribution in [2.75, 3.05) is 0 Å². The van der Waals surface area contributed by atoms with Crippen LogP contribution in [0.5, 0.6) is 0 Å². The molecule has 0 radical (unpaired) electrons. The van der Waals surface area contributed by atoms with Crippen LogP contribution < -0.4 is 0 Å². The van der Waals surface area contributed by atoms with Crippen molar-refractivity contribution < 1.29 is 0 Å². The summed E-state index contributed by atoms with van der Waals surface area (Å²) in [5.41, 5.74) is 12.1. The molecular weight excluding hydrogens is 558 g/mol. The van der Waals surface area contributed by atoms with Gasteiger partial charge in [0.1, 0.15) is 0 Å². The van der Waals surface area contributed by atoms with Gasteiger partial charge in [0.2, 0.25) is 0 Å². The Hall–Kier alpha value is -6.06. The van der Waals surface area contributed by atoms with E-state index in [4.69, 9.17) is 0 Å². The molecule has 216 valence electrons. The highest BCUT2D eigenvalue weighted by Gasteiger charge is 2.18. The van der Waals surface area contributed by atoms with Gasteiger partial charge in [0.05, 0.1) is 33.1 Å². The molecule has 0 spiro atoms. The fourth-order valence-electron chi connectivity index (χ4n) is 7.59. The molecule has 3 nitrogen and oxygen atoms in total. The molecule has 10 rings (SSSR count). The van der Waals surface area contributed by atoms with Crippen molar-refractivity contribution in [3.8, 4) is 16.8 Å². The van der Waals surface area contributed by atoms with Gasteiger partial charge < -0.3 is 4.57 Å². The Kier molecular flexibility index (Phi) is 5.20. The van der Waals surface area contributed by atoms with Gasteiger partial charge in [0.25, 0.3) is 0 Å². The van der Waals surface area contributed by atoms with Crippen LogP contribution in [0, 0.1) is 6.92 Å². The fourth-order valence-corrected chi connectivity index (χ4v) is 7.59. The van der Waals surface area contributed by atoms with Gasteiger partial charge in [-0.3, -0.25) is 0 Å². The molecule has 0 atom stereocenters. The molecule has 0 saturated heterocycles. The minimum atomic E-state index is 1.18. The van der Waals surface area contributed by atoms with Crippen molar-refractivity contribution in [3.63, 3.8) is 0 Å². The third kappa shape index (κ3) is 3.48. The van der Waals surface area contributed by atoms with Crippen molar-refractivity contribution in [1.82, 2.24) is 13.9 Å². The van der Waals surface area contributed by atoms with Crippen LogP contribution in [0.25, 0.3) is 82.2 Å². The maximum atomic E-state index is 2.40. The number of para-hydroxylation sites is 4. The molecule has 0 aliphatic heterocycles. The lowest BCUT2D eigenvalue weighted by Gasteiger charge is -2.13. The average Bonchev–Trinajstić information content (AvgIpc) is 3.74. The quantitative estimate of drug-likeness (QED) is 0.195. The summed E-state index contributed by atoms with van der Waals surface area (Å²) in [6.07, 6.45) is 0. The first kappa shape index (κ1) is 25.3. The van der Waals surface area contributed by atoms with Crippen LogP contribution in [0.3, 0.4) is 0 Å². The normalized spacial score (nSPS) is 12.0. The molecule has 0 aliphatic carbocycles. The fraction of sp³-hybridized carbons (Fsp3) is 0.0233. The number of benzene rings is 7. The number of aromatic nitrogens is 3. The third-order valence-electron chi connectivity index (χ3n) is 9.70. The summed E-state index contributed by atoms with van der Waals surface area (Å²) in [6.45, 7) is 2.14. The number of hydrogen-bond acceptors (Lipinski definition) is 0. The highest BCUT2D eigenvalue weighted by Crippen LogP contribution is 2.39. The largest absolute Gasteiger partial charge is 0.309 e. The second-order valence-corrected chi connectivity index (χ2v) is 12.3. The van der Waals surface area contributed by atoms with E-state index in [9.17, 15) is 0 Å². The molecule has 7 aromatic carbocycles. The van der Waals surface area contributed by atoms with Crippen LogP contribution >= 0.6 is 0 Å². The number of aryl methyl sites for hydroxylation is 1. The summed E-state index contributed by atoms with van der Waals surface area (Å²) in [4.78, 5) is 0. The predicted molar refractivity (Wildman–Crippen MR) is 194 cm³/mol. The molecule has 3 aromatic heterocycles. The van der Waals surface area contributed by atoms with Crippen molar-refractivity contribution in [2.24, 2.45) is 0 Å². The van der Waals surface area contributed by atoms with E-state index < -0.39 is 0 Å². The van der Waals surface area contributed by atoms with E-state index >= 15 is 0 Å². The molecule has 0 saturated carbocycles. The van der Waals surface area contributed by atoms with Gasteiger partial charge in [-0.1, -0.05) is 103 Å². The number of hydrogen-bond donors (Lipinski definition) is 0. The van der Waals surface area contributed by atoms with Crippen LogP contribution in [0.4, 0.5) is 0 Å². The first-order valence-electron chi connectivity index (χ1n) is 15.9. The summed E-state index contributed by atoms with van der Waals surface area (Å²) >= 11 is 0. The van der Waals surface area contributed by atoms with E-state index in [0.29, 0.717) is 0 Å². The van der Waals surface area contributed by atoms with E-state index in [1.807, 2.05) is 0 Å². The Morgan fingerprint density at radius 1 is 0.326 bits per heavy atom. The molecule has 0 N–H and O–H groups in total. The summed E-state index contributed by atoms with van der Waals surface area (Å²) in [7, 11) is 0. The van der Waals surface area contributed by atoms with Gasteiger partial charge >= 0.3 is 0 Å². The second-order valence-electron chi connectivity index (χ2n) is 12.3. The molecule has 0 unspecified atom stereocenters. The SMILES string of the molecule is Cc1ccc(-n2c3ccccc3c3cc(-c4ccc5c(c4)c4ccccc4n5-n4c5ccccc5c5ccccc54)ccc32)cc1. The molecule has 0 fully saturated rings. The van der Waals surface area contributed by atoms with E-state index in [-0.39, 0.29) is 0 Å². The molecule has 3 heterocycles. The van der Waals surface area contributed by atoms with Crippen molar-refractivity contribution >= 4 is 65.4 Å². The van der Waals surface area contributed by atoms with Gasteiger partial charge in [0, 0.05) is 38.0 Å². The van der Waals surface area contributed by atoms with Crippen LogP contribution in [-0.2, 0) is 0 Å². The third-order valence-corrected chi connectivity index (χ3v) is 9.70. The smallest absolute Gasteiger partial charge is 0.0716 e. The lowest BCUT2D eigenvalue weighted by atomic mass is 10.0. The zero-order valence-corrected chi connectivity index (χ0v) is 25.4. The molecular formula is C43H29N3. The van der Waals surface area contributed by atoms with Crippen LogP contribution in [0.15, 0.2) is 158 Å².